The quantitative estimate of drug-likeness (QED) is 0.500. The van der Waals surface area contributed by atoms with Crippen LogP contribution in [0.25, 0.3) is 0 Å². The predicted molar refractivity (Wildman–Crippen MR) is 118 cm³/mol. The Bertz CT molecular complexity index is 1030. The molecule has 3 unspecified atom stereocenters. The number of nitrogens with zero attached hydrogens (tertiary/aromatic N) is 1. The van der Waals surface area contributed by atoms with Crippen molar-refractivity contribution in [1.82, 2.24) is 10.3 Å². The van der Waals surface area contributed by atoms with Crippen LogP contribution in [0, 0.1) is 11.7 Å². The van der Waals surface area contributed by atoms with Gasteiger partial charge in [-0.3, -0.25) is 9.78 Å². The number of hydrogen-bond donors (Lipinski definition) is 3. The zero-order valence-electron chi connectivity index (χ0n) is 18.8. The van der Waals surface area contributed by atoms with E-state index in [0.717, 1.165) is 31.9 Å². The van der Waals surface area contributed by atoms with E-state index in [-0.39, 0.29) is 5.69 Å². The van der Waals surface area contributed by atoms with Crippen molar-refractivity contribution in [2.24, 2.45) is 11.7 Å². The number of ether oxygens (including phenoxy) is 1. The largest absolute Gasteiger partial charge is 0.418 e. The van der Waals surface area contributed by atoms with Crippen LogP contribution in [0.4, 0.5) is 23.2 Å². The van der Waals surface area contributed by atoms with Gasteiger partial charge in [0.1, 0.15) is 5.82 Å². The SMILES string of the molecule is COC1(C(F)(F)F)CNC(C(=O)Nc2cc(C(N)(CCC3CC3)c3ccncc3)ccc2F)C1. The first-order valence-corrected chi connectivity index (χ1v) is 11.2. The molecule has 2 aromatic rings. The Morgan fingerprint density at radius 3 is 2.53 bits per heavy atom. The van der Waals surface area contributed by atoms with Crippen molar-refractivity contribution in [2.45, 2.75) is 55.5 Å². The first-order chi connectivity index (χ1) is 16.1. The van der Waals surface area contributed by atoms with E-state index in [2.05, 4.69) is 15.6 Å². The Morgan fingerprint density at radius 1 is 1.24 bits per heavy atom. The Hall–Kier alpha value is -2.56. The number of aromatic nitrogens is 1. The topological polar surface area (TPSA) is 89.3 Å². The van der Waals surface area contributed by atoms with Crippen LogP contribution < -0.4 is 16.4 Å². The minimum absolute atomic E-state index is 0.137. The number of carbonyl (C=O) groups is 1. The zero-order chi connectivity index (χ0) is 24.6. The Labute approximate surface area is 195 Å². The molecular formula is C24H28F4N4O2. The van der Waals surface area contributed by atoms with E-state index in [9.17, 15) is 22.4 Å². The molecule has 0 bridgehead atoms. The molecule has 1 aliphatic carbocycles. The summed E-state index contributed by atoms with van der Waals surface area (Å²) in [6.07, 6.45) is 1.84. The maximum Gasteiger partial charge on any atom is 0.418 e. The molecule has 1 saturated heterocycles. The highest BCUT2D eigenvalue weighted by Gasteiger charge is 2.60. The van der Waals surface area contributed by atoms with Gasteiger partial charge in [0.25, 0.3) is 0 Å². The van der Waals surface area contributed by atoms with Crippen molar-refractivity contribution < 1.29 is 27.1 Å². The molecule has 1 saturated carbocycles. The second kappa shape index (κ2) is 9.24. The number of rotatable bonds is 8. The van der Waals surface area contributed by atoms with Gasteiger partial charge in [-0.05, 0) is 54.2 Å². The number of nitrogens with two attached hydrogens (primary N) is 1. The number of benzene rings is 1. The fourth-order valence-electron chi connectivity index (χ4n) is 4.50. The number of halogens is 4. The molecular weight excluding hydrogens is 452 g/mol. The summed E-state index contributed by atoms with van der Waals surface area (Å²) in [6, 6.07) is 6.66. The summed E-state index contributed by atoms with van der Waals surface area (Å²) in [4.78, 5) is 16.8. The number of alkyl halides is 3. The Balaban J connectivity index is 1.57. The van der Waals surface area contributed by atoms with Gasteiger partial charge in [0, 0.05) is 32.5 Å². The van der Waals surface area contributed by atoms with Crippen LogP contribution in [0.15, 0.2) is 42.7 Å². The van der Waals surface area contributed by atoms with Crippen LogP contribution in [0.3, 0.4) is 0 Å². The van der Waals surface area contributed by atoms with Crippen LogP contribution in [0.1, 0.15) is 43.2 Å². The van der Waals surface area contributed by atoms with E-state index in [1.165, 1.54) is 12.1 Å². The van der Waals surface area contributed by atoms with Gasteiger partial charge < -0.3 is 21.1 Å². The standard InChI is InChI=1S/C24H28F4N4O2/c1-34-22(24(26,27)28)13-20(31-14-22)21(33)32-19-12-17(4-5-18(19)25)23(29,9-6-15-2-3-15)16-7-10-30-11-8-16/h4-5,7-8,10-12,15,20,31H,2-3,6,9,13-14,29H2,1H3,(H,32,33). The van der Waals surface area contributed by atoms with E-state index < -0.39 is 48.0 Å². The molecule has 1 aromatic carbocycles. The van der Waals surface area contributed by atoms with E-state index in [0.29, 0.717) is 17.9 Å². The van der Waals surface area contributed by atoms with E-state index in [4.69, 9.17) is 10.5 Å². The maximum absolute atomic E-state index is 14.6. The molecule has 0 spiro atoms. The second-order valence-corrected chi connectivity index (χ2v) is 9.21. The lowest BCUT2D eigenvalue weighted by Crippen LogP contribution is -2.48. The molecule has 3 atom stereocenters. The summed E-state index contributed by atoms with van der Waals surface area (Å²) in [7, 11) is 0.959. The van der Waals surface area contributed by atoms with Crippen molar-refractivity contribution in [3.8, 4) is 0 Å². The van der Waals surface area contributed by atoms with Gasteiger partial charge in [-0.1, -0.05) is 18.9 Å². The summed E-state index contributed by atoms with van der Waals surface area (Å²) in [5.74, 6) is -0.862. The number of carbonyl (C=O) groups excluding carboxylic acids is 1. The normalized spacial score (nSPS) is 24.6. The van der Waals surface area contributed by atoms with E-state index in [1.54, 1.807) is 30.6 Å². The molecule has 4 rings (SSSR count). The summed E-state index contributed by atoms with van der Waals surface area (Å²) >= 11 is 0. The van der Waals surface area contributed by atoms with E-state index in [1.807, 2.05) is 0 Å². The van der Waals surface area contributed by atoms with Gasteiger partial charge in [0.05, 0.1) is 17.3 Å². The van der Waals surface area contributed by atoms with Gasteiger partial charge >= 0.3 is 6.18 Å². The number of pyridine rings is 1. The highest BCUT2D eigenvalue weighted by Crippen LogP contribution is 2.41. The van der Waals surface area contributed by atoms with Crippen LogP contribution >= 0.6 is 0 Å². The second-order valence-electron chi connectivity index (χ2n) is 9.21. The zero-order valence-corrected chi connectivity index (χ0v) is 18.8. The first kappa shape index (κ1) is 24.6. The number of hydrogen-bond acceptors (Lipinski definition) is 5. The van der Waals surface area contributed by atoms with Crippen LogP contribution in [0.5, 0.6) is 0 Å². The molecule has 2 fully saturated rings. The van der Waals surface area contributed by atoms with Crippen molar-refractivity contribution in [3.05, 3.63) is 59.7 Å². The molecule has 1 amide bonds. The third-order valence-corrected chi connectivity index (χ3v) is 6.97. The number of anilines is 1. The summed E-state index contributed by atoms with van der Waals surface area (Å²) in [6.45, 7) is -0.567. The summed E-state index contributed by atoms with van der Waals surface area (Å²) in [5.41, 5.74) is 4.73. The third-order valence-electron chi connectivity index (χ3n) is 6.97. The van der Waals surface area contributed by atoms with Gasteiger partial charge in [-0.2, -0.15) is 13.2 Å². The van der Waals surface area contributed by atoms with Crippen LogP contribution in [-0.2, 0) is 15.1 Å². The molecule has 10 heteroatoms. The molecule has 6 nitrogen and oxygen atoms in total. The van der Waals surface area contributed by atoms with Crippen LogP contribution in [-0.4, -0.2) is 42.4 Å². The maximum atomic E-state index is 14.6. The average molecular weight is 481 g/mol. The van der Waals surface area contributed by atoms with Gasteiger partial charge in [0.2, 0.25) is 5.91 Å². The molecule has 4 N–H and O–H groups in total. The highest BCUT2D eigenvalue weighted by molar-refractivity contribution is 5.95. The van der Waals surface area contributed by atoms with Crippen molar-refractivity contribution in [2.75, 3.05) is 19.0 Å². The lowest BCUT2D eigenvalue weighted by atomic mass is 9.79. The monoisotopic (exact) mass is 480 g/mol. The van der Waals surface area contributed by atoms with E-state index >= 15 is 0 Å². The molecule has 0 radical (unpaired) electrons. The minimum Gasteiger partial charge on any atom is -0.367 e. The molecule has 2 aliphatic rings. The Morgan fingerprint density at radius 2 is 1.94 bits per heavy atom. The molecule has 2 heterocycles. The number of methoxy groups -OCH3 is 1. The van der Waals surface area contributed by atoms with Gasteiger partial charge in [0.15, 0.2) is 5.60 Å². The third kappa shape index (κ3) is 4.80. The fraction of sp³-hybridized carbons (Fsp3) is 0.500. The number of nitrogens with one attached hydrogen (secondary N) is 2. The fourth-order valence-corrected chi connectivity index (χ4v) is 4.50. The molecule has 1 aliphatic heterocycles. The Kier molecular flexibility index (Phi) is 6.67. The predicted octanol–water partition coefficient (Wildman–Crippen LogP) is 3.86. The van der Waals surface area contributed by atoms with Gasteiger partial charge in [-0.15, -0.1) is 0 Å². The molecule has 184 valence electrons. The lowest BCUT2D eigenvalue weighted by molar-refractivity contribution is -0.261. The van der Waals surface area contributed by atoms with Crippen molar-refractivity contribution in [1.29, 1.82) is 0 Å². The highest BCUT2D eigenvalue weighted by atomic mass is 19.4. The van der Waals surface area contributed by atoms with Crippen molar-refractivity contribution >= 4 is 11.6 Å². The minimum atomic E-state index is -4.65. The molecule has 1 aromatic heterocycles. The molecule has 34 heavy (non-hydrogen) atoms. The van der Waals surface area contributed by atoms with Crippen LogP contribution in [0.2, 0.25) is 0 Å². The summed E-state index contributed by atoms with van der Waals surface area (Å²) in [5, 5.41) is 4.98. The van der Waals surface area contributed by atoms with Gasteiger partial charge in [-0.25, -0.2) is 4.39 Å². The summed E-state index contributed by atoms with van der Waals surface area (Å²) < 4.78 is 59.7. The van der Waals surface area contributed by atoms with Crippen molar-refractivity contribution in [3.63, 3.8) is 0 Å². The lowest BCUT2D eigenvalue weighted by Gasteiger charge is -2.31. The first-order valence-electron chi connectivity index (χ1n) is 11.2. The number of amides is 1. The smallest absolute Gasteiger partial charge is 0.367 e. The average Bonchev–Trinajstić information content (AvgIpc) is 3.53.